The Labute approximate surface area is 125 Å². The minimum absolute atomic E-state index is 0. The van der Waals surface area contributed by atoms with Crippen LogP contribution in [0.15, 0.2) is 0 Å². The molecular weight excluding hydrogens is 282 g/mol. The lowest BCUT2D eigenvalue weighted by Gasteiger charge is -2.31. The van der Waals surface area contributed by atoms with E-state index in [0.29, 0.717) is 39.1 Å². The van der Waals surface area contributed by atoms with Crippen molar-refractivity contribution in [1.29, 1.82) is 0 Å². The number of halogens is 1. The molecule has 1 aliphatic carbocycles. The van der Waals surface area contributed by atoms with Crippen LogP contribution in [0.3, 0.4) is 0 Å². The summed E-state index contributed by atoms with van der Waals surface area (Å²) < 4.78 is 5.21. The van der Waals surface area contributed by atoms with Crippen LogP contribution in [0, 0.1) is 0 Å². The zero-order valence-electron chi connectivity index (χ0n) is 11.9. The molecule has 0 spiro atoms. The molecule has 1 aliphatic heterocycles. The summed E-state index contributed by atoms with van der Waals surface area (Å²) in [6, 6.07) is -0.522. The normalized spacial score (nSPS) is 22.8. The van der Waals surface area contributed by atoms with Gasteiger partial charge in [0.1, 0.15) is 6.04 Å². The zero-order valence-corrected chi connectivity index (χ0v) is 12.7. The van der Waals surface area contributed by atoms with E-state index in [1.807, 2.05) is 0 Å². The average Bonchev–Trinajstić information content (AvgIpc) is 2.87. The number of nitrogens with zero attached hydrogens (tertiary/aromatic N) is 1. The fourth-order valence-electron chi connectivity index (χ4n) is 2.69. The summed E-state index contributed by atoms with van der Waals surface area (Å²) in [5.41, 5.74) is 5.29. The van der Waals surface area contributed by atoms with Crippen LogP contribution in [0.1, 0.15) is 32.6 Å². The number of amides is 2. The van der Waals surface area contributed by atoms with Gasteiger partial charge in [0.15, 0.2) is 0 Å². The highest BCUT2D eigenvalue weighted by Crippen LogP contribution is 2.27. The molecule has 0 aromatic carbocycles. The smallest absolute Gasteiger partial charge is 0.245 e. The highest BCUT2D eigenvalue weighted by atomic mass is 35.5. The fraction of sp³-hybridized carbons (Fsp3) is 0.846. The molecule has 3 N–H and O–H groups in total. The first-order valence-corrected chi connectivity index (χ1v) is 6.99. The standard InChI is InChI=1S/C13H23N3O3.ClH/c1-10(11(17)16-6-8-19-9-7-16)15-12(18)13(14)4-2-3-5-13;/h10H,2-9,14H2,1H3,(H,15,18);1H. The second-order valence-electron chi connectivity index (χ2n) is 5.50. The monoisotopic (exact) mass is 305 g/mol. The number of carbonyl (C=O) groups is 2. The van der Waals surface area contributed by atoms with Gasteiger partial charge >= 0.3 is 0 Å². The summed E-state index contributed by atoms with van der Waals surface area (Å²) in [6.45, 7) is 4.02. The van der Waals surface area contributed by atoms with E-state index in [0.717, 1.165) is 12.8 Å². The summed E-state index contributed by atoms with van der Waals surface area (Å²) >= 11 is 0. The molecule has 2 aliphatic rings. The molecule has 0 radical (unpaired) electrons. The highest BCUT2D eigenvalue weighted by molar-refractivity contribution is 5.92. The van der Waals surface area contributed by atoms with Crippen LogP contribution in [-0.4, -0.2) is 54.6 Å². The van der Waals surface area contributed by atoms with Crippen molar-refractivity contribution in [2.75, 3.05) is 26.3 Å². The van der Waals surface area contributed by atoms with Crippen molar-refractivity contribution in [3.8, 4) is 0 Å². The average molecular weight is 306 g/mol. The number of carbonyl (C=O) groups excluding carboxylic acids is 2. The third-order valence-electron chi connectivity index (χ3n) is 3.99. The minimum Gasteiger partial charge on any atom is -0.378 e. The Morgan fingerprint density at radius 1 is 1.25 bits per heavy atom. The lowest BCUT2D eigenvalue weighted by molar-refractivity contribution is -0.140. The fourth-order valence-corrected chi connectivity index (χ4v) is 2.69. The van der Waals surface area contributed by atoms with Gasteiger partial charge in [0.25, 0.3) is 0 Å². The molecule has 2 amide bonds. The van der Waals surface area contributed by atoms with Crippen molar-refractivity contribution in [1.82, 2.24) is 10.2 Å². The predicted molar refractivity (Wildman–Crippen MR) is 77.6 cm³/mol. The van der Waals surface area contributed by atoms with Gasteiger partial charge in [0.05, 0.1) is 18.8 Å². The predicted octanol–water partition coefficient (Wildman–Crippen LogP) is 0.0432. The van der Waals surface area contributed by atoms with Crippen molar-refractivity contribution in [3.63, 3.8) is 0 Å². The number of morpholine rings is 1. The van der Waals surface area contributed by atoms with Crippen LogP contribution in [0.2, 0.25) is 0 Å². The van der Waals surface area contributed by atoms with Gasteiger partial charge < -0.3 is 20.7 Å². The first-order chi connectivity index (χ1) is 9.03. The molecule has 0 aromatic heterocycles. The zero-order chi connectivity index (χ0) is 13.9. The van der Waals surface area contributed by atoms with Crippen molar-refractivity contribution >= 4 is 24.2 Å². The van der Waals surface area contributed by atoms with Crippen molar-refractivity contribution in [2.24, 2.45) is 5.73 Å². The largest absolute Gasteiger partial charge is 0.378 e. The van der Waals surface area contributed by atoms with Gasteiger partial charge in [-0.1, -0.05) is 12.8 Å². The molecule has 0 bridgehead atoms. The van der Waals surface area contributed by atoms with E-state index in [-0.39, 0.29) is 24.2 Å². The van der Waals surface area contributed by atoms with Crippen LogP contribution in [0.4, 0.5) is 0 Å². The molecule has 20 heavy (non-hydrogen) atoms. The van der Waals surface area contributed by atoms with Crippen molar-refractivity contribution in [3.05, 3.63) is 0 Å². The maximum absolute atomic E-state index is 12.2. The summed E-state index contributed by atoms with van der Waals surface area (Å²) in [6.07, 6.45) is 3.38. The lowest BCUT2D eigenvalue weighted by atomic mass is 9.97. The molecule has 1 saturated carbocycles. The Balaban J connectivity index is 0.00000200. The van der Waals surface area contributed by atoms with Crippen LogP contribution in [0.25, 0.3) is 0 Å². The SMILES string of the molecule is CC(NC(=O)C1(N)CCCC1)C(=O)N1CCOCC1.Cl. The summed E-state index contributed by atoms with van der Waals surface area (Å²) in [4.78, 5) is 26.0. The number of hydrogen-bond acceptors (Lipinski definition) is 4. The Bertz CT molecular complexity index is 353. The Kier molecular flexibility index (Phi) is 6.23. The van der Waals surface area contributed by atoms with Crippen LogP contribution < -0.4 is 11.1 Å². The van der Waals surface area contributed by atoms with Crippen molar-refractivity contribution in [2.45, 2.75) is 44.2 Å². The highest BCUT2D eigenvalue weighted by Gasteiger charge is 2.38. The van der Waals surface area contributed by atoms with E-state index in [2.05, 4.69) is 5.32 Å². The summed E-state index contributed by atoms with van der Waals surface area (Å²) in [7, 11) is 0. The van der Waals surface area contributed by atoms with Crippen molar-refractivity contribution < 1.29 is 14.3 Å². The number of rotatable bonds is 3. The molecule has 1 saturated heterocycles. The topological polar surface area (TPSA) is 84.7 Å². The first kappa shape index (κ1) is 17.2. The van der Waals surface area contributed by atoms with E-state index in [1.54, 1.807) is 11.8 Å². The van der Waals surface area contributed by atoms with Gasteiger partial charge in [-0.3, -0.25) is 9.59 Å². The molecule has 1 heterocycles. The number of nitrogens with two attached hydrogens (primary N) is 1. The molecule has 0 aromatic rings. The molecular formula is C13H24ClN3O3. The maximum Gasteiger partial charge on any atom is 0.245 e. The molecule has 2 rings (SSSR count). The second-order valence-corrected chi connectivity index (χ2v) is 5.50. The molecule has 7 heteroatoms. The van der Waals surface area contributed by atoms with Gasteiger partial charge in [0, 0.05) is 13.1 Å². The van der Waals surface area contributed by atoms with Crippen LogP contribution in [-0.2, 0) is 14.3 Å². The summed E-state index contributed by atoms with van der Waals surface area (Å²) in [5.74, 6) is -0.252. The second kappa shape index (κ2) is 7.24. The minimum atomic E-state index is -0.778. The number of nitrogens with one attached hydrogen (secondary N) is 1. The Hall–Kier alpha value is -0.850. The van der Waals surface area contributed by atoms with Gasteiger partial charge in [0.2, 0.25) is 11.8 Å². The summed E-state index contributed by atoms with van der Waals surface area (Å²) in [5, 5.41) is 2.76. The maximum atomic E-state index is 12.2. The van der Waals surface area contributed by atoms with E-state index in [9.17, 15) is 9.59 Å². The third-order valence-corrected chi connectivity index (χ3v) is 3.99. The number of hydrogen-bond donors (Lipinski definition) is 2. The third kappa shape index (κ3) is 3.84. The molecule has 2 fully saturated rings. The van der Waals surface area contributed by atoms with E-state index in [1.165, 1.54) is 0 Å². The van der Waals surface area contributed by atoms with Gasteiger partial charge in [-0.2, -0.15) is 0 Å². The quantitative estimate of drug-likeness (QED) is 0.771. The molecule has 1 unspecified atom stereocenters. The van der Waals surface area contributed by atoms with Gasteiger partial charge in [-0.15, -0.1) is 12.4 Å². The van der Waals surface area contributed by atoms with Gasteiger partial charge in [-0.05, 0) is 19.8 Å². The van der Waals surface area contributed by atoms with E-state index in [4.69, 9.17) is 10.5 Å². The Morgan fingerprint density at radius 3 is 2.35 bits per heavy atom. The van der Waals surface area contributed by atoms with E-state index >= 15 is 0 Å². The number of ether oxygens (including phenoxy) is 1. The lowest BCUT2D eigenvalue weighted by Crippen LogP contribution is -2.57. The molecule has 1 atom stereocenters. The molecule has 6 nitrogen and oxygen atoms in total. The first-order valence-electron chi connectivity index (χ1n) is 6.99. The molecule has 116 valence electrons. The Morgan fingerprint density at radius 2 is 1.80 bits per heavy atom. The van der Waals surface area contributed by atoms with Crippen LogP contribution >= 0.6 is 12.4 Å². The van der Waals surface area contributed by atoms with Gasteiger partial charge in [-0.25, -0.2) is 0 Å². The van der Waals surface area contributed by atoms with Crippen LogP contribution in [0.5, 0.6) is 0 Å². The van der Waals surface area contributed by atoms with E-state index < -0.39 is 11.6 Å².